The third-order valence-corrected chi connectivity index (χ3v) is 4.60. The average Bonchev–Trinajstić information content (AvgIpc) is 2.52. The molecule has 0 radical (unpaired) electrons. The van der Waals surface area contributed by atoms with Crippen molar-refractivity contribution >= 4 is 17.6 Å². The summed E-state index contributed by atoms with van der Waals surface area (Å²) in [6, 6.07) is 8.00. The van der Waals surface area contributed by atoms with Crippen molar-refractivity contribution < 1.29 is 4.79 Å². The van der Waals surface area contributed by atoms with E-state index in [2.05, 4.69) is 40.9 Å². The highest BCUT2D eigenvalue weighted by molar-refractivity contribution is 5.93. The normalized spacial score (nSPS) is 15.0. The van der Waals surface area contributed by atoms with Crippen LogP contribution < -0.4 is 16.0 Å². The van der Waals surface area contributed by atoms with E-state index in [-0.39, 0.29) is 11.8 Å². The maximum Gasteiger partial charge on any atom is 0.227 e. The van der Waals surface area contributed by atoms with Crippen LogP contribution in [0.4, 0.5) is 5.69 Å². The van der Waals surface area contributed by atoms with Crippen molar-refractivity contribution in [3.05, 3.63) is 29.8 Å². The molecule has 5 nitrogen and oxygen atoms in total. The number of aliphatic imine (C=N–C) groups is 1. The van der Waals surface area contributed by atoms with Gasteiger partial charge in [0.1, 0.15) is 0 Å². The Bertz CT molecular complexity index is 579. The highest BCUT2D eigenvalue weighted by atomic mass is 16.1. The van der Waals surface area contributed by atoms with Crippen LogP contribution in [0.1, 0.15) is 51.5 Å². The first-order chi connectivity index (χ1) is 12.1. The molecule has 138 valence electrons. The van der Waals surface area contributed by atoms with Gasteiger partial charge in [-0.25, -0.2) is 0 Å². The molecule has 1 aliphatic rings. The Morgan fingerprint density at radius 3 is 2.72 bits per heavy atom. The minimum Gasteiger partial charge on any atom is -0.356 e. The van der Waals surface area contributed by atoms with Crippen LogP contribution >= 0.6 is 0 Å². The van der Waals surface area contributed by atoms with Crippen LogP contribution in [0.15, 0.2) is 29.3 Å². The molecule has 0 bridgehead atoms. The lowest BCUT2D eigenvalue weighted by Crippen LogP contribution is -2.37. The molecule has 0 spiro atoms. The molecule has 1 fully saturated rings. The molecule has 25 heavy (non-hydrogen) atoms. The minimum absolute atomic E-state index is 0.152. The van der Waals surface area contributed by atoms with Gasteiger partial charge in [0.05, 0.1) is 0 Å². The summed E-state index contributed by atoms with van der Waals surface area (Å²) in [5.41, 5.74) is 1.99. The fourth-order valence-electron chi connectivity index (χ4n) is 2.80. The number of hydrogen-bond donors (Lipinski definition) is 3. The molecule has 0 heterocycles. The summed E-state index contributed by atoms with van der Waals surface area (Å²) in [6.07, 6.45) is 5.57. The number of guanidine groups is 1. The minimum atomic E-state index is 0.152. The Hall–Kier alpha value is -2.04. The molecule has 1 aromatic carbocycles. The van der Waals surface area contributed by atoms with Crippen LogP contribution in [0, 0.1) is 11.8 Å². The lowest BCUT2D eigenvalue weighted by molar-refractivity contribution is -0.122. The third kappa shape index (κ3) is 6.77. The molecule has 0 saturated heterocycles. The van der Waals surface area contributed by atoms with Crippen LogP contribution in [0.2, 0.25) is 0 Å². The summed E-state index contributed by atoms with van der Waals surface area (Å²) in [5, 5.41) is 9.69. The molecule has 0 aromatic heterocycles. The van der Waals surface area contributed by atoms with Crippen LogP contribution in [0.3, 0.4) is 0 Å². The van der Waals surface area contributed by atoms with E-state index in [9.17, 15) is 4.79 Å². The fourth-order valence-corrected chi connectivity index (χ4v) is 2.80. The smallest absolute Gasteiger partial charge is 0.227 e. The summed E-state index contributed by atoms with van der Waals surface area (Å²) in [7, 11) is 1.78. The maximum atomic E-state index is 12.1. The first-order valence-corrected chi connectivity index (χ1v) is 9.43. The van der Waals surface area contributed by atoms with Crippen molar-refractivity contribution in [1.82, 2.24) is 10.6 Å². The van der Waals surface area contributed by atoms with Gasteiger partial charge in [0, 0.05) is 31.7 Å². The Balaban J connectivity index is 1.77. The number of rotatable bonds is 8. The van der Waals surface area contributed by atoms with Gasteiger partial charge in [-0.2, -0.15) is 0 Å². The molecule has 1 amide bonds. The fraction of sp³-hybridized carbons (Fsp3) is 0.600. The molecule has 2 rings (SSSR count). The average molecular weight is 345 g/mol. The quantitative estimate of drug-likeness (QED) is 0.384. The number of nitrogens with one attached hydrogen (secondary N) is 3. The molecule has 5 heteroatoms. The Labute approximate surface area is 151 Å². The third-order valence-electron chi connectivity index (χ3n) is 4.60. The molecule has 0 unspecified atom stereocenters. The van der Waals surface area contributed by atoms with E-state index in [0.29, 0.717) is 6.54 Å². The van der Waals surface area contributed by atoms with Gasteiger partial charge in [-0.05, 0) is 49.3 Å². The lowest BCUT2D eigenvalue weighted by Gasteiger charge is -2.24. The summed E-state index contributed by atoms with van der Waals surface area (Å²) in [5.74, 6) is 1.90. The van der Waals surface area contributed by atoms with E-state index in [1.807, 2.05) is 18.2 Å². The zero-order valence-electron chi connectivity index (χ0n) is 15.8. The molecule has 1 aromatic rings. The number of amides is 1. The van der Waals surface area contributed by atoms with E-state index < -0.39 is 0 Å². The van der Waals surface area contributed by atoms with Crippen molar-refractivity contribution in [3.63, 3.8) is 0 Å². The van der Waals surface area contributed by atoms with Gasteiger partial charge in [0.15, 0.2) is 5.96 Å². The second kappa shape index (κ2) is 10.1. The van der Waals surface area contributed by atoms with Crippen molar-refractivity contribution in [2.45, 2.75) is 52.5 Å². The summed E-state index contributed by atoms with van der Waals surface area (Å²) in [4.78, 5) is 16.3. The molecule has 1 saturated carbocycles. The van der Waals surface area contributed by atoms with Crippen LogP contribution in [0.25, 0.3) is 0 Å². The number of benzene rings is 1. The molecule has 1 aliphatic carbocycles. The zero-order valence-corrected chi connectivity index (χ0v) is 15.8. The standard InChI is InChI=1S/C20H32N4O/c1-15(2)7-6-12-22-20(21-3)23-14-16-8-4-11-18(13-16)24-19(25)17-9-5-10-17/h4,8,11,13,15,17H,5-7,9-10,12,14H2,1-3H3,(H,24,25)(H2,21,22,23). The zero-order chi connectivity index (χ0) is 18.1. The Morgan fingerprint density at radius 2 is 2.08 bits per heavy atom. The summed E-state index contributed by atoms with van der Waals surface area (Å²) < 4.78 is 0. The highest BCUT2D eigenvalue weighted by Crippen LogP contribution is 2.27. The van der Waals surface area contributed by atoms with Crippen molar-refractivity contribution in [3.8, 4) is 0 Å². The van der Waals surface area contributed by atoms with Gasteiger partial charge in [-0.1, -0.05) is 32.4 Å². The van der Waals surface area contributed by atoms with Gasteiger partial charge in [-0.15, -0.1) is 0 Å². The summed E-state index contributed by atoms with van der Waals surface area (Å²) >= 11 is 0. The molecular formula is C20H32N4O. The first kappa shape index (κ1) is 19.3. The number of nitrogens with zero attached hydrogens (tertiary/aromatic N) is 1. The Kier molecular flexibility index (Phi) is 7.76. The van der Waals surface area contributed by atoms with Crippen molar-refractivity contribution in [1.29, 1.82) is 0 Å². The number of hydrogen-bond acceptors (Lipinski definition) is 2. The number of carbonyl (C=O) groups excluding carboxylic acids is 1. The highest BCUT2D eigenvalue weighted by Gasteiger charge is 2.25. The largest absolute Gasteiger partial charge is 0.356 e. The maximum absolute atomic E-state index is 12.1. The monoisotopic (exact) mass is 344 g/mol. The van der Waals surface area contributed by atoms with Crippen LogP contribution in [0.5, 0.6) is 0 Å². The van der Waals surface area contributed by atoms with Crippen LogP contribution in [-0.4, -0.2) is 25.5 Å². The molecule has 3 N–H and O–H groups in total. The van der Waals surface area contributed by atoms with Crippen molar-refractivity contribution in [2.24, 2.45) is 16.8 Å². The Morgan fingerprint density at radius 1 is 1.28 bits per heavy atom. The van der Waals surface area contributed by atoms with E-state index in [0.717, 1.165) is 48.9 Å². The topological polar surface area (TPSA) is 65.5 Å². The summed E-state index contributed by atoms with van der Waals surface area (Å²) in [6.45, 7) is 6.08. The predicted molar refractivity (Wildman–Crippen MR) is 105 cm³/mol. The number of anilines is 1. The lowest BCUT2D eigenvalue weighted by atomic mass is 9.85. The van der Waals surface area contributed by atoms with Gasteiger partial charge in [0.25, 0.3) is 0 Å². The van der Waals surface area contributed by atoms with E-state index in [1.165, 1.54) is 12.8 Å². The second-order valence-corrected chi connectivity index (χ2v) is 7.21. The van der Waals surface area contributed by atoms with Gasteiger partial charge >= 0.3 is 0 Å². The van der Waals surface area contributed by atoms with E-state index in [4.69, 9.17) is 0 Å². The SMILES string of the molecule is CN=C(NCCCC(C)C)NCc1cccc(NC(=O)C2CCC2)c1. The molecule has 0 aliphatic heterocycles. The van der Waals surface area contributed by atoms with E-state index in [1.54, 1.807) is 7.05 Å². The van der Waals surface area contributed by atoms with Gasteiger partial charge in [0.2, 0.25) is 5.91 Å². The molecule has 0 atom stereocenters. The second-order valence-electron chi connectivity index (χ2n) is 7.21. The van der Waals surface area contributed by atoms with Gasteiger partial charge < -0.3 is 16.0 Å². The van der Waals surface area contributed by atoms with Crippen LogP contribution in [-0.2, 0) is 11.3 Å². The number of carbonyl (C=O) groups is 1. The van der Waals surface area contributed by atoms with Gasteiger partial charge in [-0.3, -0.25) is 9.79 Å². The molecular weight excluding hydrogens is 312 g/mol. The predicted octanol–water partition coefficient (Wildman–Crippen LogP) is 3.53. The first-order valence-electron chi connectivity index (χ1n) is 9.43. The van der Waals surface area contributed by atoms with E-state index >= 15 is 0 Å². The van der Waals surface area contributed by atoms with Crippen molar-refractivity contribution in [2.75, 3.05) is 18.9 Å².